The molecule has 27 heavy (non-hydrogen) atoms. The fourth-order valence-electron chi connectivity index (χ4n) is 4.50. The number of rotatable bonds is 4. The van der Waals surface area contributed by atoms with Crippen molar-refractivity contribution in [2.45, 2.75) is 25.0 Å². The molecule has 1 unspecified atom stereocenters. The highest BCUT2D eigenvalue weighted by atomic mass is 16.5. The van der Waals surface area contributed by atoms with Crippen molar-refractivity contribution in [3.05, 3.63) is 11.8 Å². The van der Waals surface area contributed by atoms with Gasteiger partial charge >= 0.3 is 6.03 Å². The second-order valence-corrected chi connectivity index (χ2v) is 7.57. The van der Waals surface area contributed by atoms with Crippen LogP contribution in [0.4, 0.5) is 4.79 Å². The zero-order valence-electron chi connectivity index (χ0n) is 15.5. The highest BCUT2D eigenvalue weighted by molar-refractivity contribution is 6.02. The van der Waals surface area contributed by atoms with E-state index in [-0.39, 0.29) is 12.2 Å². The summed E-state index contributed by atoms with van der Waals surface area (Å²) in [7, 11) is 0. The standard InChI is InChI=1S/C17H26N8O2/c26-17-21-20-16-14-11-19-25(15(14)18-12-24(16)17)6-5-22-3-1-13(2-4-22)23-7-9-27-10-8-23/h11,13,16,19H,1-10,12H2. The number of nitrogens with one attached hydrogen (secondary N) is 1. The number of amides is 2. The van der Waals surface area contributed by atoms with Crippen molar-refractivity contribution in [1.29, 1.82) is 0 Å². The van der Waals surface area contributed by atoms with Crippen LogP contribution in [-0.2, 0) is 4.74 Å². The Morgan fingerprint density at radius 1 is 1.15 bits per heavy atom. The molecule has 0 spiro atoms. The van der Waals surface area contributed by atoms with Crippen LogP contribution >= 0.6 is 0 Å². The summed E-state index contributed by atoms with van der Waals surface area (Å²) in [5, 5.41) is 9.81. The molecule has 0 saturated carbocycles. The fourth-order valence-corrected chi connectivity index (χ4v) is 4.50. The van der Waals surface area contributed by atoms with Crippen LogP contribution in [-0.4, -0.2) is 103 Å². The fraction of sp³-hybridized carbons (Fsp3) is 0.765. The van der Waals surface area contributed by atoms with Crippen LogP contribution in [0.2, 0.25) is 0 Å². The Labute approximate surface area is 158 Å². The first-order valence-corrected chi connectivity index (χ1v) is 9.84. The summed E-state index contributed by atoms with van der Waals surface area (Å²) >= 11 is 0. The molecule has 5 aliphatic rings. The highest BCUT2D eigenvalue weighted by Crippen LogP contribution is 2.28. The molecule has 0 bridgehead atoms. The average Bonchev–Trinajstić information content (AvgIpc) is 3.31. The van der Waals surface area contributed by atoms with Gasteiger partial charge in [-0.25, -0.2) is 9.79 Å². The number of hydrazine groups is 1. The number of carbonyl (C=O) groups is 1. The lowest BCUT2D eigenvalue weighted by Crippen LogP contribution is -2.51. The molecular weight excluding hydrogens is 348 g/mol. The number of ether oxygens (including phenoxy) is 1. The zero-order valence-corrected chi connectivity index (χ0v) is 15.5. The number of morpholine rings is 1. The Balaban J connectivity index is 1.11. The molecule has 5 rings (SSSR count). The number of urea groups is 1. The topological polar surface area (TPSA) is 88.4 Å². The number of azo groups is 1. The second-order valence-electron chi connectivity index (χ2n) is 7.57. The third-order valence-corrected chi connectivity index (χ3v) is 6.09. The van der Waals surface area contributed by atoms with E-state index in [2.05, 4.69) is 35.5 Å². The molecule has 0 radical (unpaired) electrons. The van der Waals surface area contributed by atoms with Crippen molar-refractivity contribution < 1.29 is 9.53 Å². The van der Waals surface area contributed by atoms with Gasteiger partial charge in [-0.15, -0.1) is 0 Å². The maximum atomic E-state index is 11.7. The highest BCUT2D eigenvalue weighted by Gasteiger charge is 2.41. The molecule has 10 heteroatoms. The van der Waals surface area contributed by atoms with Crippen LogP contribution in [0.25, 0.3) is 0 Å². The summed E-state index contributed by atoms with van der Waals surface area (Å²) in [5.74, 6) is 0.896. The summed E-state index contributed by atoms with van der Waals surface area (Å²) in [5.41, 5.74) is 4.21. The van der Waals surface area contributed by atoms with E-state index in [1.807, 2.05) is 6.20 Å². The van der Waals surface area contributed by atoms with Gasteiger partial charge in [0.05, 0.1) is 25.3 Å². The normalized spacial score (nSPS) is 29.5. The number of piperidine rings is 1. The molecule has 0 aromatic rings. The maximum absolute atomic E-state index is 11.7. The lowest BCUT2D eigenvalue weighted by atomic mass is 10.0. The predicted molar refractivity (Wildman–Crippen MR) is 98.0 cm³/mol. The van der Waals surface area contributed by atoms with Crippen molar-refractivity contribution in [3.8, 4) is 0 Å². The Hall–Kier alpha value is -2.04. The number of hydrogen-bond acceptors (Lipinski definition) is 8. The van der Waals surface area contributed by atoms with E-state index < -0.39 is 0 Å². The summed E-state index contributed by atoms with van der Waals surface area (Å²) in [6.45, 7) is 8.37. The van der Waals surface area contributed by atoms with Gasteiger partial charge in [0, 0.05) is 31.9 Å². The van der Waals surface area contributed by atoms with Crippen LogP contribution in [0.1, 0.15) is 12.8 Å². The van der Waals surface area contributed by atoms with Crippen LogP contribution in [0, 0.1) is 0 Å². The smallest absolute Gasteiger partial charge is 0.365 e. The van der Waals surface area contributed by atoms with E-state index in [4.69, 9.17) is 4.74 Å². The predicted octanol–water partition coefficient (Wildman–Crippen LogP) is 0.0706. The first kappa shape index (κ1) is 17.1. The SMILES string of the molecule is O=C1N=NC2C3=CNN(CCN4CCC(N5CCOCC5)CC4)C3=NCN12. The molecule has 0 aromatic heterocycles. The Bertz CT molecular complexity index is 678. The minimum Gasteiger partial charge on any atom is -0.379 e. The van der Waals surface area contributed by atoms with Crippen molar-refractivity contribution in [1.82, 2.24) is 25.1 Å². The van der Waals surface area contributed by atoms with Gasteiger partial charge in [-0.2, -0.15) is 5.11 Å². The minimum atomic E-state index is -0.313. The van der Waals surface area contributed by atoms with E-state index in [9.17, 15) is 4.79 Å². The summed E-state index contributed by atoms with van der Waals surface area (Å²) < 4.78 is 5.47. The lowest BCUT2D eigenvalue weighted by molar-refractivity contribution is 0.000531. The summed E-state index contributed by atoms with van der Waals surface area (Å²) in [6.07, 6.45) is 4.05. The van der Waals surface area contributed by atoms with Gasteiger partial charge in [-0.1, -0.05) is 5.11 Å². The molecule has 1 atom stereocenters. The third kappa shape index (κ3) is 3.21. The molecule has 146 valence electrons. The van der Waals surface area contributed by atoms with E-state index in [0.717, 1.165) is 63.9 Å². The van der Waals surface area contributed by atoms with E-state index in [1.54, 1.807) is 4.90 Å². The zero-order chi connectivity index (χ0) is 18.2. The molecule has 2 fully saturated rings. The molecule has 10 nitrogen and oxygen atoms in total. The van der Waals surface area contributed by atoms with Crippen molar-refractivity contribution >= 4 is 11.9 Å². The van der Waals surface area contributed by atoms with Gasteiger partial charge in [0.25, 0.3) is 0 Å². The molecule has 1 N–H and O–H groups in total. The minimum absolute atomic E-state index is 0.301. The Morgan fingerprint density at radius 3 is 2.78 bits per heavy atom. The van der Waals surface area contributed by atoms with E-state index in [1.165, 1.54) is 12.8 Å². The van der Waals surface area contributed by atoms with Crippen molar-refractivity contribution in [2.75, 3.05) is 59.2 Å². The molecule has 5 aliphatic heterocycles. The van der Waals surface area contributed by atoms with Crippen LogP contribution in [0.3, 0.4) is 0 Å². The third-order valence-electron chi connectivity index (χ3n) is 6.09. The van der Waals surface area contributed by atoms with E-state index >= 15 is 0 Å². The first-order chi connectivity index (χ1) is 13.3. The van der Waals surface area contributed by atoms with Gasteiger partial charge in [0.1, 0.15) is 6.67 Å². The molecule has 2 amide bonds. The largest absolute Gasteiger partial charge is 0.379 e. The lowest BCUT2D eigenvalue weighted by Gasteiger charge is -2.40. The van der Waals surface area contributed by atoms with Gasteiger partial charge in [-0.3, -0.25) is 14.8 Å². The van der Waals surface area contributed by atoms with Crippen molar-refractivity contribution in [3.63, 3.8) is 0 Å². The Kier molecular flexibility index (Phi) is 4.54. The molecular formula is C17H26N8O2. The van der Waals surface area contributed by atoms with Gasteiger partial charge < -0.3 is 15.1 Å². The number of carbonyl (C=O) groups excluding carboxylic acids is 1. The van der Waals surface area contributed by atoms with Crippen LogP contribution in [0.5, 0.6) is 0 Å². The summed E-state index contributed by atoms with van der Waals surface area (Å²) in [6, 6.07) is 0.410. The number of hydrogen-bond donors (Lipinski definition) is 1. The van der Waals surface area contributed by atoms with Gasteiger partial charge in [-0.05, 0) is 25.9 Å². The van der Waals surface area contributed by atoms with Crippen LogP contribution in [0.15, 0.2) is 27.0 Å². The number of likely N-dealkylation sites (tertiary alicyclic amines) is 1. The maximum Gasteiger partial charge on any atom is 0.365 e. The van der Waals surface area contributed by atoms with Gasteiger partial charge in [0.2, 0.25) is 0 Å². The van der Waals surface area contributed by atoms with Crippen LogP contribution < -0.4 is 5.43 Å². The van der Waals surface area contributed by atoms with Gasteiger partial charge in [0.15, 0.2) is 12.0 Å². The number of aliphatic imine (C=N–C) groups is 1. The number of fused-ring (bicyclic) bond motifs is 3. The molecule has 0 aliphatic carbocycles. The first-order valence-electron chi connectivity index (χ1n) is 9.84. The average molecular weight is 374 g/mol. The Morgan fingerprint density at radius 2 is 1.96 bits per heavy atom. The number of amidine groups is 1. The second kappa shape index (κ2) is 7.17. The van der Waals surface area contributed by atoms with E-state index in [0.29, 0.717) is 12.7 Å². The molecule has 2 saturated heterocycles. The molecule has 0 aromatic carbocycles. The molecule has 5 heterocycles. The van der Waals surface area contributed by atoms with Crippen molar-refractivity contribution in [2.24, 2.45) is 15.2 Å². The summed E-state index contributed by atoms with van der Waals surface area (Å²) in [4.78, 5) is 22.9. The monoisotopic (exact) mass is 374 g/mol. The quantitative estimate of drug-likeness (QED) is 0.749. The number of nitrogens with zero attached hydrogens (tertiary/aromatic N) is 7.